The zero-order valence-electron chi connectivity index (χ0n) is 9.25. The van der Waals surface area contributed by atoms with Crippen molar-refractivity contribution in [1.82, 2.24) is 5.43 Å². The van der Waals surface area contributed by atoms with Crippen molar-refractivity contribution < 1.29 is 9.13 Å². The molecule has 0 aliphatic carbocycles. The SMILES string of the molecule is NNC(C1=COCCC1)c1cccc(F)c1Br. The number of nitrogens with one attached hydrogen (secondary N) is 1. The molecule has 1 aliphatic rings. The van der Waals surface area contributed by atoms with Crippen molar-refractivity contribution in [3.05, 3.63) is 45.9 Å². The third-order valence-corrected chi connectivity index (χ3v) is 3.63. The normalized spacial score (nSPS) is 17.2. The van der Waals surface area contributed by atoms with Gasteiger partial charge in [0.05, 0.1) is 23.4 Å². The predicted molar refractivity (Wildman–Crippen MR) is 67.4 cm³/mol. The molecule has 17 heavy (non-hydrogen) atoms. The van der Waals surface area contributed by atoms with Crippen LogP contribution in [-0.4, -0.2) is 6.61 Å². The number of ether oxygens (including phenoxy) is 1. The van der Waals surface area contributed by atoms with E-state index in [0.717, 1.165) is 30.6 Å². The Morgan fingerprint density at radius 3 is 2.94 bits per heavy atom. The summed E-state index contributed by atoms with van der Waals surface area (Å²) in [7, 11) is 0. The lowest BCUT2D eigenvalue weighted by molar-refractivity contribution is 0.219. The van der Waals surface area contributed by atoms with E-state index in [0.29, 0.717) is 4.47 Å². The smallest absolute Gasteiger partial charge is 0.137 e. The zero-order chi connectivity index (χ0) is 12.3. The molecule has 1 aliphatic heterocycles. The topological polar surface area (TPSA) is 47.3 Å². The van der Waals surface area contributed by atoms with Crippen LogP contribution in [0.3, 0.4) is 0 Å². The van der Waals surface area contributed by atoms with Gasteiger partial charge in [0, 0.05) is 0 Å². The number of rotatable bonds is 3. The van der Waals surface area contributed by atoms with E-state index in [-0.39, 0.29) is 11.9 Å². The van der Waals surface area contributed by atoms with E-state index >= 15 is 0 Å². The highest BCUT2D eigenvalue weighted by Crippen LogP contribution is 2.32. The first-order valence-corrected chi connectivity index (χ1v) is 6.24. The average Bonchev–Trinajstić information content (AvgIpc) is 2.37. The van der Waals surface area contributed by atoms with Crippen LogP contribution in [0.4, 0.5) is 4.39 Å². The van der Waals surface area contributed by atoms with Gasteiger partial charge in [-0.1, -0.05) is 12.1 Å². The Hall–Kier alpha value is -0.910. The Labute approximate surface area is 108 Å². The second-order valence-corrected chi connectivity index (χ2v) is 4.70. The van der Waals surface area contributed by atoms with Gasteiger partial charge >= 0.3 is 0 Å². The molecule has 1 unspecified atom stereocenters. The minimum atomic E-state index is -0.292. The van der Waals surface area contributed by atoms with Crippen molar-refractivity contribution in [2.75, 3.05) is 6.61 Å². The second-order valence-electron chi connectivity index (χ2n) is 3.91. The maximum absolute atomic E-state index is 13.5. The Bertz CT molecular complexity index is 437. The Morgan fingerprint density at radius 1 is 1.47 bits per heavy atom. The third kappa shape index (κ3) is 2.68. The fourth-order valence-corrected chi connectivity index (χ4v) is 2.43. The van der Waals surface area contributed by atoms with Gasteiger partial charge in [0.1, 0.15) is 5.82 Å². The monoisotopic (exact) mass is 300 g/mol. The minimum absolute atomic E-state index is 0.222. The van der Waals surface area contributed by atoms with Gasteiger partial charge in [-0.2, -0.15) is 0 Å². The molecule has 0 saturated heterocycles. The molecule has 0 radical (unpaired) electrons. The summed E-state index contributed by atoms with van der Waals surface area (Å²) in [6, 6.07) is 4.70. The van der Waals surface area contributed by atoms with Gasteiger partial charge in [0.25, 0.3) is 0 Å². The number of hydrogen-bond donors (Lipinski definition) is 2. The zero-order valence-corrected chi connectivity index (χ0v) is 10.8. The summed E-state index contributed by atoms with van der Waals surface area (Å²) in [4.78, 5) is 0. The van der Waals surface area contributed by atoms with E-state index in [2.05, 4.69) is 21.4 Å². The molecule has 1 aromatic rings. The summed E-state index contributed by atoms with van der Waals surface area (Å²) < 4.78 is 19.2. The third-order valence-electron chi connectivity index (χ3n) is 2.79. The molecule has 0 aromatic heterocycles. The van der Waals surface area contributed by atoms with E-state index in [9.17, 15) is 4.39 Å². The van der Waals surface area contributed by atoms with Crippen LogP contribution in [0.5, 0.6) is 0 Å². The molecular weight excluding hydrogens is 287 g/mol. The maximum atomic E-state index is 13.5. The standard InChI is InChI=1S/C12H14BrFN2O/c13-11-9(4-1-5-10(11)14)12(16-15)8-3-2-6-17-7-8/h1,4-5,7,12,16H,2-3,6,15H2. The molecule has 1 heterocycles. The highest BCUT2D eigenvalue weighted by molar-refractivity contribution is 9.10. The molecular formula is C12H14BrFN2O. The van der Waals surface area contributed by atoms with Gasteiger partial charge in [-0.05, 0) is 46.0 Å². The fourth-order valence-electron chi connectivity index (χ4n) is 1.94. The first kappa shape index (κ1) is 12.5. The minimum Gasteiger partial charge on any atom is -0.501 e. The number of hydrazine groups is 1. The van der Waals surface area contributed by atoms with Gasteiger partial charge in [0.2, 0.25) is 0 Å². The molecule has 3 N–H and O–H groups in total. The summed E-state index contributed by atoms with van der Waals surface area (Å²) in [6.45, 7) is 0.727. The lowest BCUT2D eigenvalue weighted by Crippen LogP contribution is -2.30. The molecule has 0 fully saturated rings. The van der Waals surface area contributed by atoms with Gasteiger partial charge in [-0.3, -0.25) is 5.84 Å². The molecule has 0 amide bonds. The summed E-state index contributed by atoms with van der Waals surface area (Å²) >= 11 is 3.25. The lowest BCUT2D eigenvalue weighted by Gasteiger charge is -2.23. The molecule has 2 rings (SSSR count). The summed E-state index contributed by atoms with van der Waals surface area (Å²) in [5, 5.41) is 0. The Kier molecular flexibility index (Phi) is 4.15. The van der Waals surface area contributed by atoms with Gasteiger partial charge in [-0.25, -0.2) is 9.82 Å². The first-order valence-electron chi connectivity index (χ1n) is 5.44. The van der Waals surface area contributed by atoms with Crippen LogP contribution in [0.1, 0.15) is 24.4 Å². The molecule has 3 nitrogen and oxygen atoms in total. The second kappa shape index (κ2) is 5.62. The van der Waals surface area contributed by atoms with E-state index < -0.39 is 0 Å². The first-order chi connectivity index (χ1) is 8.24. The molecule has 0 saturated carbocycles. The van der Waals surface area contributed by atoms with Crippen molar-refractivity contribution in [2.24, 2.45) is 5.84 Å². The molecule has 1 aromatic carbocycles. The highest BCUT2D eigenvalue weighted by Gasteiger charge is 2.21. The molecule has 1 atom stereocenters. The number of benzene rings is 1. The summed E-state index contributed by atoms with van der Waals surface area (Å²) in [5.41, 5.74) is 4.53. The van der Waals surface area contributed by atoms with Crippen molar-refractivity contribution >= 4 is 15.9 Å². The van der Waals surface area contributed by atoms with E-state index in [1.54, 1.807) is 12.3 Å². The maximum Gasteiger partial charge on any atom is 0.137 e. The van der Waals surface area contributed by atoms with Crippen molar-refractivity contribution in [3.8, 4) is 0 Å². The average molecular weight is 301 g/mol. The number of halogens is 2. The van der Waals surface area contributed by atoms with Crippen LogP contribution in [0.2, 0.25) is 0 Å². The quantitative estimate of drug-likeness (QED) is 0.666. The van der Waals surface area contributed by atoms with E-state index in [1.807, 2.05) is 6.07 Å². The highest BCUT2D eigenvalue weighted by atomic mass is 79.9. The van der Waals surface area contributed by atoms with Crippen molar-refractivity contribution in [2.45, 2.75) is 18.9 Å². The number of nitrogens with two attached hydrogens (primary N) is 1. The Morgan fingerprint density at radius 2 is 2.29 bits per heavy atom. The van der Waals surface area contributed by atoms with Crippen LogP contribution in [0, 0.1) is 5.82 Å². The molecule has 0 spiro atoms. The van der Waals surface area contributed by atoms with Crippen LogP contribution in [0.25, 0.3) is 0 Å². The summed E-state index contributed by atoms with van der Waals surface area (Å²) in [6.07, 6.45) is 3.57. The Balaban J connectivity index is 2.34. The van der Waals surface area contributed by atoms with Crippen molar-refractivity contribution in [1.29, 1.82) is 0 Å². The predicted octanol–water partition coefficient (Wildman–Crippen LogP) is 2.79. The lowest BCUT2D eigenvalue weighted by atomic mass is 9.96. The van der Waals surface area contributed by atoms with Crippen LogP contribution in [-0.2, 0) is 4.74 Å². The van der Waals surface area contributed by atoms with Gasteiger partial charge < -0.3 is 4.74 Å². The number of hydrogen-bond acceptors (Lipinski definition) is 3. The molecule has 5 heteroatoms. The molecule has 92 valence electrons. The summed E-state index contributed by atoms with van der Waals surface area (Å²) in [5.74, 6) is 5.27. The van der Waals surface area contributed by atoms with Crippen LogP contribution >= 0.6 is 15.9 Å². The largest absolute Gasteiger partial charge is 0.501 e. The van der Waals surface area contributed by atoms with Crippen LogP contribution < -0.4 is 11.3 Å². The van der Waals surface area contributed by atoms with Crippen LogP contribution in [0.15, 0.2) is 34.5 Å². The van der Waals surface area contributed by atoms with Crippen molar-refractivity contribution in [3.63, 3.8) is 0 Å². The van der Waals surface area contributed by atoms with Gasteiger partial charge in [-0.15, -0.1) is 0 Å². The van der Waals surface area contributed by atoms with E-state index in [4.69, 9.17) is 10.6 Å². The van der Waals surface area contributed by atoms with Gasteiger partial charge in [0.15, 0.2) is 0 Å². The molecule has 0 bridgehead atoms. The van der Waals surface area contributed by atoms with E-state index in [1.165, 1.54) is 6.07 Å². The fraction of sp³-hybridized carbons (Fsp3) is 0.333.